The van der Waals surface area contributed by atoms with E-state index < -0.39 is 11.4 Å². The topological polar surface area (TPSA) is 94.5 Å². The van der Waals surface area contributed by atoms with Gasteiger partial charge in [0.25, 0.3) is 0 Å². The number of nitrogens with zero attached hydrogens (tertiary/aromatic N) is 3. The van der Waals surface area contributed by atoms with Crippen LogP contribution < -0.4 is 10.1 Å². The lowest BCUT2D eigenvalue weighted by molar-refractivity contribution is -0.136. The maximum atomic E-state index is 14.3. The zero-order chi connectivity index (χ0) is 25.7. The average molecular weight is 503 g/mol. The van der Waals surface area contributed by atoms with Crippen LogP contribution >= 0.6 is 0 Å². The number of hydrazone groups is 1. The molecular formula is C27H39FN4O4. The Morgan fingerprint density at radius 3 is 2.69 bits per heavy atom. The van der Waals surface area contributed by atoms with E-state index >= 15 is 0 Å². The van der Waals surface area contributed by atoms with Gasteiger partial charge in [0.05, 0.1) is 19.2 Å². The maximum absolute atomic E-state index is 14.3. The number of hydrogen-bond donors (Lipinski definition) is 2. The predicted octanol–water partition coefficient (Wildman–Crippen LogP) is 3.73. The fourth-order valence-electron chi connectivity index (χ4n) is 4.98. The molecule has 3 unspecified atom stereocenters. The first-order valence-corrected chi connectivity index (χ1v) is 13.3. The molecule has 198 valence electrons. The SMILES string of the molecule is CCC(O)(CN1C(CCCCCC2CCC(=O)NC2=O)C=NN1C)c1ccc(F)c(OCC2CC2)c1. The molecule has 0 radical (unpaired) electrons. The van der Waals surface area contributed by atoms with Crippen LogP contribution in [0, 0.1) is 17.7 Å². The highest BCUT2D eigenvalue weighted by atomic mass is 19.1. The fourth-order valence-corrected chi connectivity index (χ4v) is 4.98. The lowest BCUT2D eigenvalue weighted by atomic mass is 9.90. The van der Waals surface area contributed by atoms with Crippen molar-refractivity contribution in [3.05, 3.63) is 29.6 Å². The fraction of sp³-hybridized carbons (Fsp3) is 0.667. The summed E-state index contributed by atoms with van der Waals surface area (Å²) in [6, 6.07) is 4.71. The van der Waals surface area contributed by atoms with Crippen molar-refractivity contribution in [2.75, 3.05) is 20.2 Å². The van der Waals surface area contributed by atoms with E-state index in [9.17, 15) is 19.1 Å². The summed E-state index contributed by atoms with van der Waals surface area (Å²) in [5.74, 6) is -0.0667. The minimum atomic E-state index is -1.18. The molecule has 0 spiro atoms. The number of ether oxygens (including phenoxy) is 1. The highest BCUT2D eigenvalue weighted by molar-refractivity contribution is 5.98. The lowest BCUT2D eigenvalue weighted by Gasteiger charge is -2.37. The molecule has 3 aliphatic rings. The zero-order valence-electron chi connectivity index (χ0n) is 21.4. The third-order valence-electron chi connectivity index (χ3n) is 7.71. The Kier molecular flexibility index (Phi) is 8.62. The van der Waals surface area contributed by atoms with Crippen LogP contribution in [-0.4, -0.2) is 59.5 Å². The molecule has 2 N–H and O–H groups in total. The molecule has 2 heterocycles. The van der Waals surface area contributed by atoms with E-state index in [0.29, 0.717) is 43.9 Å². The van der Waals surface area contributed by atoms with Crippen LogP contribution in [0.5, 0.6) is 5.75 Å². The number of halogens is 1. The summed E-state index contributed by atoms with van der Waals surface area (Å²) in [5.41, 5.74) is -0.544. The number of unbranched alkanes of at least 4 members (excludes halogenated alkanes) is 2. The first kappa shape index (κ1) is 26.5. The molecule has 9 heteroatoms. The normalized spacial score (nSPS) is 24.2. The zero-order valence-corrected chi connectivity index (χ0v) is 21.4. The predicted molar refractivity (Wildman–Crippen MR) is 135 cm³/mol. The van der Waals surface area contributed by atoms with Gasteiger partial charge in [-0.25, -0.2) is 9.51 Å². The number of carbonyl (C=O) groups is 2. The van der Waals surface area contributed by atoms with Crippen LogP contribution in [0.2, 0.25) is 0 Å². The molecule has 1 saturated heterocycles. The second-order valence-corrected chi connectivity index (χ2v) is 10.5. The molecule has 2 aliphatic heterocycles. The van der Waals surface area contributed by atoms with E-state index in [1.807, 2.05) is 20.2 Å². The monoisotopic (exact) mass is 502 g/mol. The van der Waals surface area contributed by atoms with Gasteiger partial charge in [-0.1, -0.05) is 32.3 Å². The van der Waals surface area contributed by atoms with E-state index in [0.717, 1.165) is 44.9 Å². The van der Waals surface area contributed by atoms with Crippen molar-refractivity contribution in [3.8, 4) is 5.75 Å². The summed E-state index contributed by atoms with van der Waals surface area (Å²) >= 11 is 0. The second-order valence-electron chi connectivity index (χ2n) is 10.5. The number of β-amino-alcohol motifs (C(OH)–C–C–N with tert-alkyl or cyclic N) is 1. The van der Waals surface area contributed by atoms with Crippen LogP contribution in [0.25, 0.3) is 0 Å². The third kappa shape index (κ3) is 6.62. The van der Waals surface area contributed by atoms with Gasteiger partial charge in [0.15, 0.2) is 11.6 Å². The van der Waals surface area contributed by atoms with Gasteiger partial charge in [-0.15, -0.1) is 0 Å². The van der Waals surface area contributed by atoms with Gasteiger partial charge >= 0.3 is 0 Å². The third-order valence-corrected chi connectivity index (χ3v) is 7.71. The van der Waals surface area contributed by atoms with Crippen LogP contribution in [0.4, 0.5) is 4.39 Å². The van der Waals surface area contributed by atoms with Crippen molar-refractivity contribution >= 4 is 18.0 Å². The molecule has 2 amide bonds. The molecular weight excluding hydrogens is 463 g/mol. The number of piperidine rings is 1. The summed E-state index contributed by atoms with van der Waals surface area (Å²) in [6.45, 7) is 2.77. The van der Waals surface area contributed by atoms with Crippen LogP contribution in [0.3, 0.4) is 0 Å². The Labute approximate surface area is 212 Å². The summed E-state index contributed by atoms with van der Waals surface area (Å²) < 4.78 is 20.0. The Morgan fingerprint density at radius 2 is 1.97 bits per heavy atom. The Balaban J connectivity index is 1.30. The van der Waals surface area contributed by atoms with Crippen molar-refractivity contribution in [2.24, 2.45) is 16.9 Å². The molecule has 8 nitrogen and oxygen atoms in total. The number of hydrogen-bond acceptors (Lipinski definition) is 7. The number of carbonyl (C=O) groups excluding carboxylic acids is 2. The molecule has 1 aromatic carbocycles. The van der Waals surface area contributed by atoms with Crippen molar-refractivity contribution in [1.82, 2.24) is 15.4 Å². The van der Waals surface area contributed by atoms with Gasteiger partial charge in [-0.05, 0) is 62.1 Å². The molecule has 1 saturated carbocycles. The molecule has 3 atom stereocenters. The van der Waals surface area contributed by atoms with Crippen LogP contribution in [0.1, 0.15) is 76.7 Å². The van der Waals surface area contributed by atoms with Gasteiger partial charge in [0.1, 0.15) is 5.60 Å². The lowest BCUT2D eigenvalue weighted by Crippen LogP contribution is -2.48. The van der Waals surface area contributed by atoms with Crippen LogP contribution in [0.15, 0.2) is 23.3 Å². The van der Waals surface area contributed by atoms with Crippen molar-refractivity contribution in [3.63, 3.8) is 0 Å². The minimum absolute atomic E-state index is 0.0507. The van der Waals surface area contributed by atoms with Crippen molar-refractivity contribution in [2.45, 2.75) is 82.8 Å². The number of nitrogens with one attached hydrogen (secondary N) is 1. The Morgan fingerprint density at radius 1 is 1.19 bits per heavy atom. The molecule has 36 heavy (non-hydrogen) atoms. The molecule has 1 aromatic rings. The number of hydrazine groups is 1. The summed E-state index contributed by atoms with van der Waals surface area (Å²) in [4.78, 5) is 23.2. The minimum Gasteiger partial charge on any atom is -0.490 e. The Bertz CT molecular complexity index is 969. The van der Waals surface area contributed by atoms with Gasteiger partial charge in [-0.2, -0.15) is 10.1 Å². The summed E-state index contributed by atoms with van der Waals surface area (Å²) in [6.07, 6.45) is 10.3. The molecule has 2 fully saturated rings. The first-order valence-electron chi connectivity index (χ1n) is 13.3. The standard InChI is InChI=1S/C27H39FN4O4/c1-3-27(35,21-12-13-23(28)24(15-21)36-17-19-9-10-19)18-32-22(16-29-31(32)2)8-6-4-5-7-20-11-14-25(33)30-26(20)34/h12-13,15-16,19-20,22,35H,3-11,14,17-18H2,1-2H3,(H,30,33,34). The van der Waals surface area contributed by atoms with Gasteiger partial charge < -0.3 is 9.84 Å². The summed E-state index contributed by atoms with van der Waals surface area (Å²) in [7, 11) is 1.87. The van der Waals surface area contributed by atoms with E-state index in [1.165, 1.54) is 6.07 Å². The molecule has 0 bridgehead atoms. The van der Waals surface area contributed by atoms with Crippen LogP contribution in [-0.2, 0) is 15.2 Å². The number of benzene rings is 1. The van der Waals surface area contributed by atoms with Gasteiger partial charge in [0, 0.05) is 25.6 Å². The number of rotatable bonds is 13. The number of aliphatic hydroxyl groups is 1. The first-order chi connectivity index (χ1) is 17.3. The highest BCUT2D eigenvalue weighted by Crippen LogP contribution is 2.34. The largest absolute Gasteiger partial charge is 0.490 e. The Hall–Kier alpha value is -2.52. The number of imide groups is 1. The molecule has 4 rings (SSSR count). The van der Waals surface area contributed by atoms with E-state index in [4.69, 9.17) is 4.74 Å². The summed E-state index contributed by atoms with van der Waals surface area (Å²) in [5, 5.41) is 22.3. The van der Waals surface area contributed by atoms with Gasteiger partial charge in [-0.3, -0.25) is 14.9 Å². The highest BCUT2D eigenvalue weighted by Gasteiger charge is 2.37. The van der Waals surface area contributed by atoms with E-state index in [2.05, 4.69) is 15.4 Å². The van der Waals surface area contributed by atoms with E-state index in [1.54, 1.807) is 17.3 Å². The molecule has 0 aromatic heterocycles. The number of amides is 2. The van der Waals surface area contributed by atoms with Gasteiger partial charge in [0.2, 0.25) is 11.8 Å². The second kappa shape index (κ2) is 11.7. The average Bonchev–Trinajstić information content (AvgIpc) is 3.63. The van der Waals surface area contributed by atoms with Crippen molar-refractivity contribution in [1.29, 1.82) is 0 Å². The quantitative estimate of drug-likeness (QED) is 0.315. The molecule has 1 aliphatic carbocycles. The van der Waals surface area contributed by atoms with Crippen molar-refractivity contribution < 1.29 is 23.8 Å². The smallest absolute Gasteiger partial charge is 0.229 e. The maximum Gasteiger partial charge on any atom is 0.229 e. The van der Waals surface area contributed by atoms with E-state index in [-0.39, 0.29) is 29.5 Å².